The van der Waals surface area contributed by atoms with E-state index in [4.69, 9.17) is 0 Å². The van der Waals surface area contributed by atoms with Crippen molar-refractivity contribution in [3.05, 3.63) is 193 Å². The second kappa shape index (κ2) is 12.3. The predicted molar refractivity (Wildman–Crippen MR) is 216 cm³/mol. The number of rotatable bonds is 5. The molecule has 0 spiro atoms. The number of fused-ring (bicyclic) bond motifs is 3. The minimum absolute atomic E-state index is 1.22. The summed E-state index contributed by atoms with van der Waals surface area (Å²) in [6, 6.07) is 67.0. The molecule has 0 saturated carbocycles. The van der Waals surface area contributed by atoms with Crippen molar-refractivity contribution in [2.24, 2.45) is 0 Å². The van der Waals surface area contributed by atoms with E-state index < -0.39 is 0 Å². The SMILES string of the molecule is Cc1cc2c(-c3cc(-c4ccccc4)cc(-c4ccccc4)c3)c3ccccc3c(-c3cc4ccccc4cc3-c3ccccc3)c2cc1C. The Balaban J connectivity index is 1.43. The molecule has 0 amide bonds. The third-order valence-corrected chi connectivity index (χ3v) is 10.3. The Morgan fingerprint density at radius 2 is 0.660 bits per heavy atom. The van der Waals surface area contributed by atoms with E-state index in [9.17, 15) is 0 Å². The summed E-state index contributed by atoms with van der Waals surface area (Å²) >= 11 is 0. The van der Waals surface area contributed by atoms with Gasteiger partial charge in [0.05, 0.1) is 0 Å². The minimum Gasteiger partial charge on any atom is -0.0622 e. The predicted octanol–water partition coefficient (Wildman–Crippen LogP) is 14.1. The van der Waals surface area contributed by atoms with Gasteiger partial charge in [0.15, 0.2) is 0 Å². The lowest BCUT2D eigenvalue weighted by atomic mass is 9.81. The van der Waals surface area contributed by atoms with E-state index >= 15 is 0 Å². The number of hydrogen-bond donors (Lipinski definition) is 0. The van der Waals surface area contributed by atoms with Crippen molar-refractivity contribution >= 4 is 32.3 Å². The first-order chi connectivity index (χ1) is 24.6. The highest BCUT2D eigenvalue weighted by Gasteiger charge is 2.21. The van der Waals surface area contributed by atoms with Crippen molar-refractivity contribution in [3.63, 3.8) is 0 Å². The summed E-state index contributed by atoms with van der Waals surface area (Å²) < 4.78 is 0. The van der Waals surface area contributed by atoms with Crippen LogP contribution in [0.2, 0.25) is 0 Å². The van der Waals surface area contributed by atoms with Crippen LogP contribution in [0.1, 0.15) is 11.1 Å². The van der Waals surface area contributed by atoms with Gasteiger partial charge in [0.1, 0.15) is 0 Å². The molecule has 0 N–H and O–H groups in total. The van der Waals surface area contributed by atoms with E-state index in [1.807, 2.05) is 0 Å². The van der Waals surface area contributed by atoms with Gasteiger partial charge in [0.25, 0.3) is 0 Å². The molecule has 0 atom stereocenters. The Labute approximate surface area is 293 Å². The smallest absolute Gasteiger partial charge is 0.00198 e. The number of hydrogen-bond acceptors (Lipinski definition) is 0. The second-order valence-electron chi connectivity index (χ2n) is 13.4. The third-order valence-electron chi connectivity index (χ3n) is 10.3. The molecule has 0 aliphatic heterocycles. The molecule has 9 aromatic carbocycles. The van der Waals surface area contributed by atoms with Crippen LogP contribution < -0.4 is 0 Å². The monoisotopic (exact) mass is 636 g/mol. The fraction of sp³-hybridized carbons (Fsp3) is 0.0400. The van der Waals surface area contributed by atoms with Gasteiger partial charge in [-0.25, -0.2) is 0 Å². The van der Waals surface area contributed by atoms with Crippen LogP contribution in [0.25, 0.3) is 88.0 Å². The van der Waals surface area contributed by atoms with Gasteiger partial charge in [-0.1, -0.05) is 152 Å². The summed E-state index contributed by atoms with van der Waals surface area (Å²) in [4.78, 5) is 0. The van der Waals surface area contributed by atoms with Gasteiger partial charge in [-0.2, -0.15) is 0 Å². The van der Waals surface area contributed by atoms with Crippen LogP contribution in [0.15, 0.2) is 182 Å². The van der Waals surface area contributed by atoms with Crippen molar-refractivity contribution in [1.29, 1.82) is 0 Å². The van der Waals surface area contributed by atoms with Crippen LogP contribution in [0.3, 0.4) is 0 Å². The molecule has 0 unspecified atom stereocenters. The Bertz CT molecular complexity index is 2630. The summed E-state index contributed by atoms with van der Waals surface area (Å²) in [5.41, 5.74) is 15.0. The van der Waals surface area contributed by atoms with Gasteiger partial charge in [-0.15, -0.1) is 0 Å². The van der Waals surface area contributed by atoms with Crippen molar-refractivity contribution in [3.8, 4) is 55.6 Å². The van der Waals surface area contributed by atoms with E-state index in [0.717, 1.165) is 0 Å². The van der Waals surface area contributed by atoms with Crippen LogP contribution in [-0.4, -0.2) is 0 Å². The molecule has 0 bridgehead atoms. The zero-order chi connectivity index (χ0) is 33.6. The van der Waals surface area contributed by atoms with Gasteiger partial charge in [0, 0.05) is 0 Å². The van der Waals surface area contributed by atoms with Crippen LogP contribution >= 0.6 is 0 Å². The van der Waals surface area contributed by atoms with Crippen molar-refractivity contribution in [2.45, 2.75) is 13.8 Å². The zero-order valence-electron chi connectivity index (χ0n) is 28.3. The Hall–Kier alpha value is -6.24. The van der Waals surface area contributed by atoms with Crippen molar-refractivity contribution in [2.75, 3.05) is 0 Å². The average Bonchev–Trinajstić information content (AvgIpc) is 3.18. The molecule has 0 nitrogen and oxygen atoms in total. The molecule has 50 heavy (non-hydrogen) atoms. The quantitative estimate of drug-likeness (QED) is 0.165. The van der Waals surface area contributed by atoms with E-state index in [1.54, 1.807) is 0 Å². The molecule has 0 fully saturated rings. The fourth-order valence-electron chi connectivity index (χ4n) is 7.71. The molecule has 0 radical (unpaired) electrons. The highest BCUT2D eigenvalue weighted by atomic mass is 14.2. The average molecular weight is 637 g/mol. The van der Waals surface area contributed by atoms with Crippen molar-refractivity contribution in [1.82, 2.24) is 0 Å². The van der Waals surface area contributed by atoms with E-state index in [2.05, 4.69) is 196 Å². The molecular formula is C50H36. The summed E-state index contributed by atoms with van der Waals surface area (Å²) in [6.45, 7) is 4.49. The van der Waals surface area contributed by atoms with Crippen molar-refractivity contribution < 1.29 is 0 Å². The van der Waals surface area contributed by atoms with E-state index in [0.29, 0.717) is 0 Å². The maximum atomic E-state index is 2.43. The first-order valence-corrected chi connectivity index (χ1v) is 17.4. The number of aryl methyl sites for hydroxylation is 2. The molecule has 0 aromatic heterocycles. The molecular weight excluding hydrogens is 601 g/mol. The van der Waals surface area contributed by atoms with Gasteiger partial charge >= 0.3 is 0 Å². The van der Waals surface area contributed by atoms with Crippen LogP contribution in [0.5, 0.6) is 0 Å². The topological polar surface area (TPSA) is 0 Å². The number of benzene rings is 9. The maximum Gasteiger partial charge on any atom is -0.00198 e. The molecule has 0 heterocycles. The minimum atomic E-state index is 1.22. The molecule has 0 aliphatic rings. The van der Waals surface area contributed by atoms with Gasteiger partial charge in [0.2, 0.25) is 0 Å². The molecule has 9 aromatic rings. The van der Waals surface area contributed by atoms with E-state index in [1.165, 1.54) is 99.1 Å². The lowest BCUT2D eigenvalue weighted by Crippen LogP contribution is -1.95. The summed E-state index contributed by atoms with van der Waals surface area (Å²) in [6.07, 6.45) is 0. The van der Waals surface area contributed by atoms with Crippen LogP contribution in [0.4, 0.5) is 0 Å². The lowest BCUT2D eigenvalue weighted by Gasteiger charge is -2.22. The first-order valence-electron chi connectivity index (χ1n) is 17.4. The van der Waals surface area contributed by atoms with Crippen LogP contribution in [0, 0.1) is 13.8 Å². The fourth-order valence-corrected chi connectivity index (χ4v) is 7.71. The largest absolute Gasteiger partial charge is 0.0622 e. The van der Waals surface area contributed by atoms with Gasteiger partial charge in [-0.05, 0) is 143 Å². The third kappa shape index (κ3) is 5.18. The highest BCUT2D eigenvalue weighted by Crippen LogP contribution is 2.48. The molecule has 236 valence electrons. The normalized spacial score (nSPS) is 11.4. The summed E-state index contributed by atoms with van der Waals surface area (Å²) in [5.74, 6) is 0. The van der Waals surface area contributed by atoms with Gasteiger partial charge < -0.3 is 0 Å². The Morgan fingerprint density at radius 3 is 1.20 bits per heavy atom. The zero-order valence-corrected chi connectivity index (χ0v) is 28.3. The molecule has 0 heteroatoms. The van der Waals surface area contributed by atoms with Gasteiger partial charge in [-0.3, -0.25) is 0 Å². The highest BCUT2D eigenvalue weighted by molar-refractivity contribution is 6.23. The Morgan fingerprint density at radius 1 is 0.260 bits per heavy atom. The summed E-state index contributed by atoms with van der Waals surface area (Å²) in [7, 11) is 0. The maximum absolute atomic E-state index is 2.43. The Kier molecular flexibility index (Phi) is 7.37. The molecule has 9 rings (SSSR count). The molecule has 0 saturated heterocycles. The lowest BCUT2D eigenvalue weighted by molar-refractivity contribution is 1.37. The molecule has 0 aliphatic carbocycles. The standard InChI is InChI=1S/C50H36/c1-33-26-46-47(27-34(33)2)50(48-32-39-23-13-12-22-38(39)31-45(48)37-20-10-5-11-21-37)44-25-15-14-24-43(44)49(46)42-29-40(35-16-6-3-7-17-35)28-41(30-42)36-18-8-4-9-19-36/h3-32H,1-2H3. The van der Waals surface area contributed by atoms with Crippen LogP contribution in [-0.2, 0) is 0 Å². The summed E-state index contributed by atoms with van der Waals surface area (Å²) in [5, 5.41) is 7.57. The second-order valence-corrected chi connectivity index (χ2v) is 13.4. The van der Waals surface area contributed by atoms with E-state index in [-0.39, 0.29) is 0 Å². The first kappa shape index (κ1) is 29.9.